The van der Waals surface area contributed by atoms with Crippen molar-refractivity contribution in [2.75, 3.05) is 5.32 Å². The molecule has 0 bridgehead atoms. The Morgan fingerprint density at radius 1 is 1.23 bits per heavy atom. The molecule has 0 aliphatic heterocycles. The SMILES string of the molecule is Cn1nc(CNc2nnc(C3CCCC3)o2)c2ccccc21. The molecule has 2 heterocycles. The number of rotatable bonds is 4. The quantitative estimate of drug-likeness (QED) is 0.800. The van der Waals surface area contributed by atoms with E-state index < -0.39 is 0 Å². The molecule has 1 N–H and O–H groups in total. The third-order valence-corrected chi connectivity index (χ3v) is 4.39. The zero-order valence-corrected chi connectivity index (χ0v) is 12.6. The predicted molar refractivity (Wildman–Crippen MR) is 83.5 cm³/mol. The predicted octanol–water partition coefficient (Wildman–Crippen LogP) is 3.23. The number of hydrogen-bond acceptors (Lipinski definition) is 5. The van der Waals surface area contributed by atoms with E-state index in [1.54, 1.807) is 0 Å². The first kappa shape index (κ1) is 13.3. The first-order chi connectivity index (χ1) is 10.8. The normalized spacial score (nSPS) is 15.7. The second-order valence-electron chi connectivity index (χ2n) is 5.87. The van der Waals surface area contributed by atoms with Gasteiger partial charge in [0.05, 0.1) is 17.8 Å². The van der Waals surface area contributed by atoms with Crippen molar-refractivity contribution in [1.29, 1.82) is 0 Å². The molecule has 2 aromatic heterocycles. The number of benzene rings is 1. The van der Waals surface area contributed by atoms with Crippen molar-refractivity contribution in [3.63, 3.8) is 0 Å². The molecule has 3 aromatic rings. The highest BCUT2D eigenvalue weighted by atomic mass is 16.4. The van der Waals surface area contributed by atoms with Crippen molar-refractivity contribution in [1.82, 2.24) is 20.0 Å². The Morgan fingerprint density at radius 3 is 2.91 bits per heavy atom. The van der Waals surface area contributed by atoms with Crippen LogP contribution in [0, 0.1) is 0 Å². The van der Waals surface area contributed by atoms with E-state index in [0.29, 0.717) is 18.5 Å². The standard InChI is InChI=1S/C16H19N5O/c1-21-14-9-5-4-8-12(14)13(20-21)10-17-16-19-18-15(22-16)11-6-2-3-7-11/h4-5,8-9,11H,2-3,6-7,10H2,1H3,(H,17,19). The fourth-order valence-electron chi connectivity index (χ4n) is 3.22. The van der Waals surface area contributed by atoms with E-state index in [4.69, 9.17) is 4.42 Å². The molecule has 1 saturated carbocycles. The van der Waals surface area contributed by atoms with Crippen molar-refractivity contribution >= 4 is 16.9 Å². The van der Waals surface area contributed by atoms with Gasteiger partial charge in [0.2, 0.25) is 5.89 Å². The first-order valence-electron chi connectivity index (χ1n) is 7.79. The molecule has 1 aliphatic carbocycles. The molecule has 0 saturated heterocycles. The minimum Gasteiger partial charge on any atom is -0.408 e. The molecule has 114 valence electrons. The molecule has 0 spiro atoms. The Balaban J connectivity index is 1.50. The van der Waals surface area contributed by atoms with Crippen LogP contribution >= 0.6 is 0 Å². The number of aromatic nitrogens is 4. The topological polar surface area (TPSA) is 68.8 Å². The maximum atomic E-state index is 5.74. The monoisotopic (exact) mass is 297 g/mol. The summed E-state index contributed by atoms with van der Waals surface area (Å²) in [5.74, 6) is 1.21. The van der Waals surface area contributed by atoms with Crippen LogP contribution in [0.3, 0.4) is 0 Å². The molecule has 1 fully saturated rings. The van der Waals surface area contributed by atoms with E-state index in [9.17, 15) is 0 Å². The summed E-state index contributed by atoms with van der Waals surface area (Å²) in [5.41, 5.74) is 2.11. The van der Waals surface area contributed by atoms with Gasteiger partial charge in [0.25, 0.3) is 0 Å². The molecule has 6 nitrogen and oxygen atoms in total. The van der Waals surface area contributed by atoms with Crippen LogP contribution in [-0.2, 0) is 13.6 Å². The van der Waals surface area contributed by atoms with E-state index in [0.717, 1.165) is 35.3 Å². The number of anilines is 1. The minimum absolute atomic E-state index is 0.443. The summed E-state index contributed by atoms with van der Waals surface area (Å²) < 4.78 is 7.63. The van der Waals surface area contributed by atoms with E-state index in [-0.39, 0.29) is 0 Å². The first-order valence-corrected chi connectivity index (χ1v) is 7.79. The van der Waals surface area contributed by atoms with Gasteiger partial charge in [-0.2, -0.15) is 5.10 Å². The van der Waals surface area contributed by atoms with Crippen LogP contribution < -0.4 is 5.32 Å². The Kier molecular flexibility index (Phi) is 3.29. The Labute approximate surface area is 128 Å². The smallest absolute Gasteiger partial charge is 0.315 e. The third-order valence-electron chi connectivity index (χ3n) is 4.39. The van der Waals surface area contributed by atoms with Crippen LogP contribution in [0.15, 0.2) is 28.7 Å². The zero-order valence-electron chi connectivity index (χ0n) is 12.6. The maximum absolute atomic E-state index is 5.74. The molecule has 0 unspecified atom stereocenters. The highest BCUT2D eigenvalue weighted by molar-refractivity contribution is 5.82. The van der Waals surface area contributed by atoms with Crippen molar-refractivity contribution in [2.24, 2.45) is 7.05 Å². The summed E-state index contributed by atoms with van der Waals surface area (Å²) in [4.78, 5) is 0. The molecule has 4 rings (SSSR count). The van der Waals surface area contributed by atoms with Gasteiger partial charge in [-0.25, -0.2) is 0 Å². The van der Waals surface area contributed by atoms with Crippen LogP contribution in [0.2, 0.25) is 0 Å². The molecule has 0 radical (unpaired) electrons. The highest BCUT2D eigenvalue weighted by Crippen LogP contribution is 2.33. The van der Waals surface area contributed by atoms with Crippen molar-refractivity contribution in [3.05, 3.63) is 35.9 Å². The fraction of sp³-hybridized carbons (Fsp3) is 0.438. The van der Waals surface area contributed by atoms with Gasteiger partial charge in [0.1, 0.15) is 0 Å². The summed E-state index contributed by atoms with van der Waals surface area (Å²) in [6.07, 6.45) is 4.84. The Bertz CT molecular complexity index is 785. The largest absolute Gasteiger partial charge is 0.408 e. The van der Waals surface area contributed by atoms with E-state index in [1.165, 1.54) is 12.8 Å². The van der Waals surface area contributed by atoms with Crippen LogP contribution in [0.5, 0.6) is 0 Å². The zero-order chi connectivity index (χ0) is 14.9. The van der Waals surface area contributed by atoms with Gasteiger partial charge in [0.15, 0.2) is 0 Å². The van der Waals surface area contributed by atoms with E-state index in [2.05, 4.69) is 32.7 Å². The van der Waals surface area contributed by atoms with Gasteiger partial charge in [-0.1, -0.05) is 36.1 Å². The van der Waals surface area contributed by atoms with Gasteiger partial charge in [0, 0.05) is 18.4 Å². The lowest BCUT2D eigenvalue weighted by atomic mass is 10.1. The third kappa shape index (κ3) is 2.34. The lowest BCUT2D eigenvalue weighted by Gasteiger charge is -2.01. The number of aryl methyl sites for hydroxylation is 1. The molecule has 22 heavy (non-hydrogen) atoms. The van der Waals surface area contributed by atoms with Gasteiger partial charge < -0.3 is 9.73 Å². The van der Waals surface area contributed by atoms with Crippen LogP contribution in [0.1, 0.15) is 43.2 Å². The minimum atomic E-state index is 0.443. The van der Waals surface area contributed by atoms with Gasteiger partial charge >= 0.3 is 6.01 Å². The van der Waals surface area contributed by atoms with Gasteiger partial charge in [-0.3, -0.25) is 4.68 Å². The summed E-state index contributed by atoms with van der Waals surface area (Å²) in [7, 11) is 1.96. The van der Waals surface area contributed by atoms with Crippen LogP contribution in [-0.4, -0.2) is 20.0 Å². The summed E-state index contributed by atoms with van der Waals surface area (Å²) >= 11 is 0. The molecule has 0 amide bonds. The molecule has 1 aromatic carbocycles. The average Bonchev–Trinajstić information content (AvgIpc) is 3.26. The second kappa shape index (κ2) is 5.44. The molecule has 1 aliphatic rings. The fourth-order valence-corrected chi connectivity index (χ4v) is 3.22. The lowest BCUT2D eigenvalue weighted by molar-refractivity contribution is 0.456. The number of para-hydroxylation sites is 1. The van der Waals surface area contributed by atoms with Crippen molar-refractivity contribution < 1.29 is 4.42 Å². The Hall–Kier alpha value is -2.37. The number of nitrogens with one attached hydrogen (secondary N) is 1. The second-order valence-corrected chi connectivity index (χ2v) is 5.87. The molecule has 6 heteroatoms. The van der Waals surface area contributed by atoms with Gasteiger partial charge in [-0.05, 0) is 18.9 Å². The summed E-state index contributed by atoms with van der Waals surface area (Å²) in [6.45, 7) is 0.577. The van der Waals surface area contributed by atoms with E-state index >= 15 is 0 Å². The summed E-state index contributed by atoms with van der Waals surface area (Å²) in [6, 6.07) is 8.68. The number of fused-ring (bicyclic) bond motifs is 1. The molecular formula is C16H19N5O. The summed E-state index contributed by atoms with van der Waals surface area (Å²) in [5, 5.41) is 17.2. The van der Waals surface area contributed by atoms with Crippen LogP contribution in [0.25, 0.3) is 10.9 Å². The van der Waals surface area contributed by atoms with E-state index in [1.807, 2.05) is 23.9 Å². The van der Waals surface area contributed by atoms with Crippen LogP contribution in [0.4, 0.5) is 6.01 Å². The number of nitrogens with zero attached hydrogens (tertiary/aromatic N) is 4. The average molecular weight is 297 g/mol. The molecular weight excluding hydrogens is 278 g/mol. The molecule has 0 atom stereocenters. The maximum Gasteiger partial charge on any atom is 0.315 e. The number of hydrogen-bond donors (Lipinski definition) is 1. The highest BCUT2D eigenvalue weighted by Gasteiger charge is 2.22. The van der Waals surface area contributed by atoms with Crippen molar-refractivity contribution in [2.45, 2.75) is 38.1 Å². The Morgan fingerprint density at radius 2 is 2.05 bits per heavy atom. The van der Waals surface area contributed by atoms with Gasteiger partial charge in [-0.15, -0.1) is 5.10 Å². The van der Waals surface area contributed by atoms with Crippen molar-refractivity contribution in [3.8, 4) is 0 Å². The lowest BCUT2D eigenvalue weighted by Crippen LogP contribution is -2.01.